The molecule has 1 aliphatic heterocycles. The summed E-state index contributed by atoms with van der Waals surface area (Å²) < 4.78 is 5.27. The second-order valence-electron chi connectivity index (χ2n) is 4.63. The van der Waals surface area contributed by atoms with Crippen molar-refractivity contribution in [3.8, 4) is 0 Å². The number of aromatic nitrogens is 2. The van der Waals surface area contributed by atoms with Gasteiger partial charge in [0.1, 0.15) is 0 Å². The summed E-state index contributed by atoms with van der Waals surface area (Å²) in [5.74, 6) is 1.30. The summed E-state index contributed by atoms with van der Waals surface area (Å²) in [6, 6.07) is 1.13. The third kappa shape index (κ3) is 1.91. The van der Waals surface area contributed by atoms with E-state index in [0.717, 1.165) is 6.54 Å². The van der Waals surface area contributed by atoms with Crippen molar-refractivity contribution in [3.63, 3.8) is 0 Å². The fourth-order valence-electron chi connectivity index (χ4n) is 2.31. The van der Waals surface area contributed by atoms with Gasteiger partial charge in [0, 0.05) is 12.6 Å². The molecule has 0 aromatic carbocycles. The maximum atomic E-state index is 5.43. The molecule has 0 saturated carbocycles. The fraction of sp³-hybridized carbons (Fsp3) is 0.800. The third-order valence-corrected chi connectivity index (χ3v) is 3.27. The van der Waals surface area contributed by atoms with Gasteiger partial charge in [-0.2, -0.15) is 0 Å². The zero-order valence-corrected chi connectivity index (χ0v) is 9.47. The van der Waals surface area contributed by atoms with Crippen LogP contribution in [-0.4, -0.2) is 22.8 Å². The molecule has 5 nitrogen and oxygen atoms in total. The van der Waals surface area contributed by atoms with Gasteiger partial charge >= 0.3 is 12.0 Å². The van der Waals surface area contributed by atoms with Gasteiger partial charge in [-0.3, -0.25) is 0 Å². The molecule has 0 bridgehead atoms. The largest absolute Gasteiger partial charge is 0.390 e. The second kappa shape index (κ2) is 3.72. The first-order chi connectivity index (χ1) is 7.08. The summed E-state index contributed by atoms with van der Waals surface area (Å²) in [4.78, 5) is 2.15. The first kappa shape index (κ1) is 10.3. The van der Waals surface area contributed by atoms with E-state index in [4.69, 9.17) is 10.2 Å². The number of nitrogens with zero attached hydrogens (tertiary/aromatic N) is 3. The lowest BCUT2D eigenvalue weighted by molar-refractivity contribution is 0.284. The Morgan fingerprint density at radius 3 is 2.67 bits per heavy atom. The lowest BCUT2D eigenvalue weighted by Gasteiger charge is -2.39. The van der Waals surface area contributed by atoms with Gasteiger partial charge in [-0.1, -0.05) is 24.0 Å². The average molecular weight is 210 g/mol. The highest BCUT2D eigenvalue weighted by Crippen LogP contribution is 2.30. The topological polar surface area (TPSA) is 68.2 Å². The number of nitrogens with two attached hydrogens (primary N) is 1. The molecule has 0 spiro atoms. The van der Waals surface area contributed by atoms with E-state index in [1.165, 1.54) is 6.42 Å². The molecule has 2 rings (SSSR count). The van der Waals surface area contributed by atoms with Crippen molar-refractivity contribution in [1.29, 1.82) is 0 Å². The number of hydrogen-bond acceptors (Lipinski definition) is 5. The molecule has 1 aromatic rings. The van der Waals surface area contributed by atoms with Crippen molar-refractivity contribution in [2.45, 2.75) is 33.2 Å². The van der Waals surface area contributed by atoms with Crippen molar-refractivity contribution in [2.24, 2.45) is 11.8 Å². The Morgan fingerprint density at radius 1 is 1.33 bits per heavy atom. The van der Waals surface area contributed by atoms with E-state index in [-0.39, 0.29) is 6.01 Å². The Labute approximate surface area is 89.6 Å². The van der Waals surface area contributed by atoms with Gasteiger partial charge < -0.3 is 15.1 Å². The Morgan fingerprint density at radius 2 is 2.07 bits per heavy atom. The smallest absolute Gasteiger partial charge is 0.319 e. The third-order valence-electron chi connectivity index (χ3n) is 3.27. The fourth-order valence-corrected chi connectivity index (χ4v) is 2.31. The molecular weight excluding hydrogens is 192 g/mol. The van der Waals surface area contributed by atoms with E-state index in [1.54, 1.807) is 0 Å². The van der Waals surface area contributed by atoms with E-state index in [9.17, 15) is 0 Å². The number of hydrogen-bond donors (Lipinski definition) is 1. The summed E-state index contributed by atoms with van der Waals surface area (Å²) in [6.45, 7) is 7.66. The minimum atomic E-state index is 0.142. The van der Waals surface area contributed by atoms with Crippen molar-refractivity contribution in [2.75, 3.05) is 17.2 Å². The normalized spacial score (nSPS) is 31.9. The molecule has 15 heavy (non-hydrogen) atoms. The van der Waals surface area contributed by atoms with Gasteiger partial charge in [-0.25, -0.2) is 0 Å². The van der Waals surface area contributed by atoms with Gasteiger partial charge in [0.2, 0.25) is 0 Å². The van der Waals surface area contributed by atoms with Crippen LogP contribution in [0.15, 0.2) is 4.42 Å². The first-order valence-corrected chi connectivity index (χ1v) is 5.43. The first-order valence-electron chi connectivity index (χ1n) is 5.43. The van der Waals surface area contributed by atoms with Crippen LogP contribution in [0.2, 0.25) is 0 Å². The van der Waals surface area contributed by atoms with Gasteiger partial charge in [0.15, 0.2) is 0 Å². The van der Waals surface area contributed by atoms with Crippen LogP contribution in [0.25, 0.3) is 0 Å². The van der Waals surface area contributed by atoms with Crippen LogP contribution in [0.5, 0.6) is 0 Å². The van der Waals surface area contributed by atoms with Crippen LogP contribution in [-0.2, 0) is 0 Å². The van der Waals surface area contributed by atoms with Crippen LogP contribution in [0.3, 0.4) is 0 Å². The molecule has 0 amide bonds. The van der Waals surface area contributed by atoms with E-state index >= 15 is 0 Å². The highest BCUT2D eigenvalue weighted by molar-refractivity contribution is 5.30. The number of rotatable bonds is 1. The van der Waals surface area contributed by atoms with E-state index < -0.39 is 0 Å². The number of piperidine rings is 1. The van der Waals surface area contributed by atoms with E-state index in [2.05, 4.69) is 35.9 Å². The zero-order chi connectivity index (χ0) is 11.0. The van der Waals surface area contributed by atoms with Crippen molar-refractivity contribution in [3.05, 3.63) is 0 Å². The molecule has 1 aliphatic rings. The summed E-state index contributed by atoms with van der Waals surface area (Å²) in [6.07, 6.45) is 1.25. The molecule has 3 atom stereocenters. The Kier molecular flexibility index (Phi) is 2.54. The van der Waals surface area contributed by atoms with Gasteiger partial charge in [0.25, 0.3) is 0 Å². The van der Waals surface area contributed by atoms with E-state index in [1.807, 2.05) is 0 Å². The zero-order valence-electron chi connectivity index (χ0n) is 9.47. The predicted octanol–water partition coefficient (Wildman–Crippen LogP) is 1.52. The number of anilines is 2. The van der Waals surface area contributed by atoms with Crippen LogP contribution < -0.4 is 10.6 Å². The molecule has 1 saturated heterocycles. The van der Waals surface area contributed by atoms with Crippen LogP contribution in [0.4, 0.5) is 12.0 Å². The molecule has 2 heterocycles. The maximum absolute atomic E-state index is 5.43. The summed E-state index contributed by atoms with van der Waals surface area (Å²) in [5.41, 5.74) is 5.43. The molecule has 0 radical (unpaired) electrons. The highest BCUT2D eigenvalue weighted by Gasteiger charge is 2.31. The van der Waals surface area contributed by atoms with Gasteiger partial charge in [0.05, 0.1) is 0 Å². The van der Waals surface area contributed by atoms with Crippen LogP contribution in [0.1, 0.15) is 27.2 Å². The lowest BCUT2D eigenvalue weighted by atomic mass is 9.86. The highest BCUT2D eigenvalue weighted by atomic mass is 16.4. The summed E-state index contributed by atoms with van der Waals surface area (Å²) >= 11 is 0. The average Bonchev–Trinajstić information content (AvgIpc) is 2.58. The Balaban J connectivity index is 2.20. The predicted molar refractivity (Wildman–Crippen MR) is 58.5 cm³/mol. The Hall–Kier alpha value is -1.26. The lowest BCUT2D eigenvalue weighted by Crippen LogP contribution is -2.46. The molecule has 0 aliphatic carbocycles. The SMILES string of the molecule is CC1CC(C)C(C)N(c2nnc(N)o2)C1. The van der Waals surface area contributed by atoms with Crippen LogP contribution >= 0.6 is 0 Å². The molecule has 1 fully saturated rings. The van der Waals surface area contributed by atoms with Crippen molar-refractivity contribution < 1.29 is 4.42 Å². The quantitative estimate of drug-likeness (QED) is 0.761. The summed E-state index contributed by atoms with van der Waals surface area (Å²) in [7, 11) is 0. The minimum Gasteiger partial charge on any atom is -0.390 e. The molecule has 84 valence electrons. The molecule has 2 N–H and O–H groups in total. The Bertz CT molecular complexity index is 338. The maximum Gasteiger partial charge on any atom is 0.319 e. The molecule has 5 heteroatoms. The second-order valence-corrected chi connectivity index (χ2v) is 4.63. The van der Waals surface area contributed by atoms with Gasteiger partial charge in [-0.05, 0) is 25.2 Å². The molecular formula is C10H18N4O. The number of nitrogen functional groups attached to an aromatic ring is 1. The standard InChI is InChI=1S/C10H18N4O/c1-6-4-7(2)8(3)14(5-6)10-13-12-9(11)15-10/h6-8H,4-5H2,1-3H3,(H2,11,12). The molecule has 3 unspecified atom stereocenters. The van der Waals surface area contributed by atoms with Crippen molar-refractivity contribution >= 4 is 12.0 Å². The van der Waals surface area contributed by atoms with Gasteiger partial charge in [-0.15, -0.1) is 0 Å². The monoisotopic (exact) mass is 210 g/mol. The van der Waals surface area contributed by atoms with E-state index in [0.29, 0.717) is 23.9 Å². The van der Waals surface area contributed by atoms with Crippen LogP contribution in [0, 0.1) is 11.8 Å². The molecule has 1 aromatic heterocycles. The van der Waals surface area contributed by atoms with Crippen molar-refractivity contribution in [1.82, 2.24) is 10.2 Å². The minimum absolute atomic E-state index is 0.142. The summed E-state index contributed by atoms with van der Waals surface area (Å²) in [5, 5.41) is 7.64.